The third-order valence-corrected chi connectivity index (χ3v) is 2.91. The summed E-state index contributed by atoms with van der Waals surface area (Å²) in [4.78, 5) is 3.71. The fourth-order valence-corrected chi connectivity index (χ4v) is 1.62. The minimum atomic E-state index is -4.38. The van der Waals surface area contributed by atoms with Gasteiger partial charge in [-0.3, -0.25) is 4.40 Å². The van der Waals surface area contributed by atoms with Crippen LogP contribution >= 0.6 is 15.9 Å². The fraction of sp³-hybridized carbons (Fsp3) is 0.222. The Morgan fingerprint density at radius 2 is 2.07 bits per heavy atom. The van der Waals surface area contributed by atoms with E-state index in [4.69, 9.17) is 0 Å². The van der Waals surface area contributed by atoms with Crippen LogP contribution in [0.15, 0.2) is 22.9 Å². The first kappa shape index (κ1) is 10.5. The number of aryl methyl sites for hydroxylation is 1. The summed E-state index contributed by atoms with van der Waals surface area (Å²) in [6, 6.07) is 1.60. The van der Waals surface area contributed by atoms with Crippen LogP contribution < -0.4 is 0 Å². The topological polar surface area (TPSA) is 17.3 Å². The van der Waals surface area contributed by atoms with Gasteiger partial charge in [0, 0.05) is 10.7 Å². The zero-order valence-corrected chi connectivity index (χ0v) is 9.22. The molecule has 0 N–H and O–H groups in total. The van der Waals surface area contributed by atoms with Crippen molar-refractivity contribution < 1.29 is 13.2 Å². The van der Waals surface area contributed by atoms with Gasteiger partial charge in [-0.2, -0.15) is 13.2 Å². The monoisotopic (exact) mass is 278 g/mol. The number of nitrogens with zero attached hydrogens (tertiary/aromatic N) is 2. The molecule has 0 spiro atoms. The molecule has 0 atom stereocenters. The van der Waals surface area contributed by atoms with Crippen LogP contribution in [0.4, 0.5) is 13.2 Å². The van der Waals surface area contributed by atoms with Crippen molar-refractivity contribution in [2.24, 2.45) is 0 Å². The molecule has 0 bridgehead atoms. The Kier molecular flexibility index (Phi) is 2.26. The minimum Gasteiger partial charge on any atom is -0.295 e. The molecule has 2 rings (SSSR count). The van der Waals surface area contributed by atoms with E-state index in [1.807, 2.05) is 0 Å². The number of hydrogen-bond acceptors (Lipinski definition) is 1. The van der Waals surface area contributed by atoms with Crippen molar-refractivity contribution in [1.82, 2.24) is 9.38 Å². The van der Waals surface area contributed by atoms with Gasteiger partial charge in [0.1, 0.15) is 11.3 Å². The third-order valence-electron chi connectivity index (χ3n) is 2.08. The number of rotatable bonds is 0. The van der Waals surface area contributed by atoms with Crippen LogP contribution in [0.3, 0.4) is 0 Å². The number of alkyl halides is 3. The molecule has 0 aliphatic rings. The van der Waals surface area contributed by atoms with E-state index < -0.39 is 11.9 Å². The predicted octanol–water partition coefficient (Wildman–Crippen LogP) is 3.42. The van der Waals surface area contributed by atoms with Crippen LogP contribution in [0.1, 0.15) is 11.3 Å². The van der Waals surface area contributed by atoms with E-state index in [-0.39, 0.29) is 0 Å². The maximum absolute atomic E-state index is 12.5. The first-order chi connectivity index (χ1) is 6.89. The Morgan fingerprint density at radius 1 is 1.40 bits per heavy atom. The normalized spacial score (nSPS) is 12.3. The molecule has 0 aliphatic carbocycles. The van der Waals surface area contributed by atoms with Crippen LogP contribution in [0.2, 0.25) is 0 Å². The summed E-state index contributed by atoms with van der Waals surface area (Å²) < 4.78 is 39.2. The molecule has 15 heavy (non-hydrogen) atoms. The summed E-state index contributed by atoms with van der Waals surface area (Å²) >= 11 is 3.19. The van der Waals surface area contributed by atoms with Gasteiger partial charge in [0.2, 0.25) is 0 Å². The Balaban J connectivity index is 2.75. The molecule has 0 aromatic carbocycles. The summed E-state index contributed by atoms with van der Waals surface area (Å²) in [7, 11) is 0. The quantitative estimate of drug-likeness (QED) is 0.722. The highest BCUT2D eigenvalue weighted by Gasteiger charge is 2.34. The molecule has 0 saturated heterocycles. The standard InChI is InChI=1S/C9H6BrF3N2/c1-5-2-8-14-3-7(9(11,12)13)15(8)4-6(5)10/h2-4H,1H3. The lowest BCUT2D eigenvalue weighted by Gasteiger charge is -2.06. The minimum absolute atomic E-state index is 0.294. The number of fused-ring (bicyclic) bond motifs is 1. The SMILES string of the molecule is Cc1cc2ncc(C(F)(F)F)n2cc1Br. The van der Waals surface area contributed by atoms with Crippen LogP contribution in [0.25, 0.3) is 5.65 Å². The molecule has 2 heterocycles. The van der Waals surface area contributed by atoms with Crippen LogP contribution in [0, 0.1) is 6.92 Å². The van der Waals surface area contributed by atoms with Crippen molar-refractivity contribution in [2.45, 2.75) is 13.1 Å². The van der Waals surface area contributed by atoms with Gasteiger partial charge < -0.3 is 0 Å². The number of imidazole rings is 1. The fourth-order valence-electron chi connectivity index (χ4n) is 1.31. The average molecular weight is 279 g/mol. The van der Waals surface area contributed by atoms with E-state index in [2.05, 4.69) is 20.9 Å². The van der Waals surface area contributed by atoms with E-state index in [0.717, 1.165) is 16.2 Å². The molecule has 0 unspecified atom stereocenters. The molecular formula is C9H6BrF3N2. The summed E-state index contributed by atoms with van der Waals surface area (Å²) in [5.74, 6) is 0. The highest BCUT2D eigenvalue weighted by atomic mass is 79.9. The van der Waals surface area contributed by atoms with Crippen molar-refractivity contribution in [3.8, 4) is 0 Å². The van der Waals surface area contributed by atoms with Gasteiger partial charge in [-0.25, -0.2) is 4.98 Å². The lowest BCUT2D eigenvalue weighted by molar-refractivity contribution is -0.141. The van der Waals surface area contributed by atoms with Crippen molar-refractivity contribution in [2.75, 3.05) is 0 Å². The second-order valence-electron chi connectivity index (χ2n) is 3.17. The first-order valence-electron chi connectivity index (χ1n) is 4.10. The lowest BCUT2D eigenvalue weighted by atomic mass is 10.3. The van der Waals surface area contributed by atoms with E-state index >= 15 is 0 Å². The van der Waals surface area contributed by atoms with Gasteiger partial charge in [-0.15, -0.1) is 0 Å². The van der Waals surface area contributed by atoms with Crippen LogP contribution in [-0.4, -0.2) is 9.38 Å². The summed E-state index contributed by atoms with van der Waals surface area (Å²) in [5, 5.41) is 0. The lowest BCUT2D eigenvalue weighted by Crippen LogP contribution is -2.08. The summed E-state index contributed by atoms with van der Waals surface area (Å²) in [6.45, 7) is 1.80. The van der Waals surface area contributed by atoms with Crippen LogP contribution in [-0.2, 0) is 6.18 Å². The molecule has 0 aliphatic heterocycles. The highest BCUT2D eigenvalue weighted by molar-refractivity contribution is 9.10. The summed E-state index contributed by atoms with van der Waals surface area (Å²) in [5.41, 5.74) is 0.378. The van der Waals surface area contributed by atoms with Crippen LogP contribution in [0.5, 0.6) is 0 Å². The van der Waals surface area contributed by atoms with E-state index in [1.54, 1.807) is 13.0 Å². The van der Waals surface area contributed by atoms with Gasteiger partial charge in [0.05, 0.1) is 6.20 Å². The largest absolute Gasteiger partial charge is 0.433 e. The average Bonchev–Trinajstić information content (AvgIpc) is 2.47. The second kappa shape index (κ2) is 3.23. The number of pyridine rings is 1. The van der Waals surface area contributed by atoms with E-state index in [1.165, 1.54) is 6.20 Å². The molecule has 6 heteroatoms. The highest BCUT2D eigenvalue weighted by Crippen LogP contribution is 2.30. The van der Waals surface area contributed by atoms with Gasteiger partial charge in [-0.1, -0.05) is 0 Å². The zero-order chi connectivity index (χ0) is 11.2. The van der Waals surface area contributed by atoms with Gasteiger partial charge in [0.25, 0.3) is 0 Å². The van der Waals surface area contributed by atoms with Crippen molar-refractivity contribution in [1.29, 1.82) is 0 Å². The zero-order valence-electron chi connectivity index (χ0n) is 7.64. The number of aromatic nitrogens is 2. The second-order valence-corrected chi connectivity index (χ2v) is 4.03. The maximum Gasteiger partial charge on any atom is 0.433 e. The Bertz CT molecular complexity index is 516. The van der Waals surface area contributed by atoms with Gasteiger partial charge >= 0.3 is 6.18 Å². The predicted molar refractivity (Wildman–Crippen MR) is 52.6 cm³/mol. The number of hydrogen-bond donors (Lipinski definition) is 0. The molecule has 2 aromatic rings. The molecule has 0 amide bonds. The van der Waals surface area contributed by atoms with E-state index in [0.29, 0.717) is 10.1 Å². The van der Waals surface area contributed by atoms with E-state index in [9.17, 15) is 13.2 Å². The van der Waals surface area contributed by atoms with Gasteiger partial charge in [0.15, 0.2) is 0 Å². The smallest absolute Gasteiger partial charge is 0.295 e. The molecule has 2 nitrogen and oxygen atoms in total. The van der Waals surface area contributed by atoms with Gasteiger partial charge in [-0.05, 0) is 34.5 Å². The Labute approximate surface area is 91.9 Å². The molecule has 0 fully saturated rings. The molecule has 2 aromatic heterocycles. The molecule has 80 valence electrons. The van der Waals surface area contributed by atoms with Crippen molar-refractivity contribution >= 4 is 21.6 Å². The number of halogens is 4. The maximum atomic E-state index is 12.5. The molecule has 0 saturated carbocycles. The molecule has 0 radical (unpaired) electrons. The van der Waals surface area contributed by atoms with Crippen molar-refractivity contribution in [3.05, 3.63) is 34.2 Å². The Morgan fingerprint density at radius 3 is 2.67 bits per heavy atom. The van der Waals surface area contributed by atoms with Crippen molar-refractivity contribution in [3.63, 3.8) is 0 Å². The molecular weight excluding hydrogens is 273 g/mol. The summed E-state index contributed by atoms with van der Waals surface area (Å²) in [6.07, 6.45) is -2.17. The first-order valence-corrected chi connectivity index (χ1v) is 4.89. The Hall–Kier alpha value is -1.04. The third kappa shape index (κ3) is 1.73.